The lowest BCUT2D eigenvalue weighted by Crippen LogP contribution is -2.84. The van der Waals surface area contributed by atoms with Gasteiger partial charge in [-0.2, -0.15) is 0 Å². The number of hydrogen-bond donors (Lipinski definition) is 2. The van der Waals surface area contributed by atoms with Crippen LogP contribution in [-0.4, -0.2) is 34.5 Å². The van der Waals surface area contributed by atoms with Crippen molar-refractivity contribution in [3.05, 3.63) is 71.0 Å². The number of carbonyl (C=O) groups excluding carboxylic acids is 2. The first-order chi connectivity index (χ1) is 13.9. The Balaban J connectivity index is 0.00000136. The number of amides is 3. The lowest BCUT2D eigenvalue weighted by molar-refractivity contribution is -0.137. The van der Waals surface area contributed by atoms with Crippen molar-refractivity contribution in [1.29, 1.82) is 0 Å². The number of urea groups is 1. The van der Waals surface area contributed by atoms with Crippen LogP contribution >= 0.6 is 0 Å². The molecule has 3 amide bonds. The number of hydrogen-bond acceptors (Lipinski definition) is 2. The van der Waals surface area contributed by atoms with Gasteiger partial charge in [0, 0.05) is 27.4 Å². The summed E-state index contributed by atoms with van der Waals surface area (Å²) in [5.74, 6) is -0.306. The molecule has 2 aromatic rings. The lowest BCUT2D eigenvalue weighted by atomic mass is 9.44. The van der Waals surface area contributed by atoms with E-state index in [-0.39, 0.29) is 37.7 Å². The topological polar surface area (TPSA) is 61.4 Å². The van der Waals surface area contributed by atoms with Gasteiger partial charge in [0.15, 0.2) is 0 Å². The summed E-state index contributed by atoms with van der Waals surface area (Å²) in [4.78, 5) is 26.5. The van der Waals surface area contributed by atoms with Crippen LogP contribution in [0.25, 0.3) is 0 Å². The number of nitrogens with one attached hydrogen (secondary N) is 2. The molecule has 1 atom stereocenters. The molecule has 2 bridgehead atoms. The molecule has 3 aliphatic carbocycles. The van der Waals surface area contributed by atoms with Gasteiger partial charge in [-0.3, -0.25) is 4.79 Å². The van der Waals surface area contributed by atoms with E-state index in [2.05, 4.69) is 22.8 Å². The van der Waals surface area contributed by atoms with Gasteiger partial charge < -0.3 is 15.5 Å². The van der Waals surface area contributed by atoms with Gasteiger partial charge in [0.1, 0.15) is 5.82 Å². The number of carbonyl (C=O) groups is 2. The average Bonchev–Trinajstić information content (AvgIpc) is 2.65. The third-order valence-corrected chi connectivity index (χ3v) is 6.57. The quantitative estimate of drug-likeness (QED) is 0.828. The van der Waals surface area contributed by atoms with E-state index >= 15 is 0 Å². The molecule has 4 aliphatic rings. The highest BCUT2D eigenvalue weighted by Gasteiger charge is 2.69. The van der Waals surface area contributed by atoms with Crippen molar-refractivity contribution in [1.82, 2.24) is 15.5 Å². The van der Waals surface area contributed by atoms with Crippen LogP contribution in [0.2, 0.25) is 0 Å². The fraction of sp³-hybridized carbons (Fsp3) is 0.391. The Hall–Kier alpha value is -2.89. The molecule has 3 saturated carbocycles. The van der Waals surface area contributed by atoms with E-state index in [0.717, 1.165) is 36.8 Å². The summed E-state index contributed by atoms with van der Waals surface area (Å²) >= 11 is 0. The maximum absolute atomic E-state index is 13.5. The standard InChI is InChI=1S/C23H24FN3O2.2H2/c1-15(28)25-22-12-23(13-22,14-22)26-21(29)27-11-10-16-4-2-3-5-19(16)20(27)17-6-8-18(24)9-7-17;;/h2-9,20H,10-14H2,1H3,(H,25,28)(H,26,29);2*1H/t20-,22?,23?;;/m0../s1. The molecule has 0 radical (unpaired) electrons. The second-order valence-electron chi connectivity index (χ2n) is 8.80. The molecule has 154 valence electrons. The molecule has 3 fully saturated rings. The van der Waals surface area contributed by atoms with Gasteiger partial charge in [0.25, 0.3) is 0 Å². The first-order valence-electron chi connectivity index (χ1n) is 10.1. The minimum atomic E-state index is -0.286. The van der Waals surface area contributed by atoms with Crippen LogP contribution in [0.3, 0.4) is 0 Å². The Morgan fingerprint density at radius 2 is 1.69 bits per heavy atom. The normalized spacial score (nSPS) is 29.2. The van der Waals surface area contributed by atoms with Crippen LogP contribution in [0.1, 0.15) is 51.8 Å². The average molecular weight is 397 g/mol. The van der Waals surface area contributed by atoms with Gasteiger partial charge in [-0.1, -0.05) is 36.4 Å². The second kappa shape index (κ2) is 6.31. The van der Waals surface area contributed by atoms with E-state index < -0.39 is 0 Å². The van der Waals surface area contributed by atoms with Crippen molar-refractivity contribution in [2.24, 2.45) is 0 Å². The van der Waals surface area contributed by atoms with Crippen molar-refractivity contribution in [3.63, 3.8) is 0 Å². The summed E-state index contributed by atoms with van der Waals surface area (Å²) in [6.07, 6.45) is 3.16. The highest BCUT2D eigenvalue weighted by Crippen LogP contribution is 2.60. The SMILES string of the molecule is CC(=O)NC12CC(NC(=O)N3CCc4ccccc4[C@@H]3c3ccc(F)cc3)(C1)C2.[HH].[HH]. The van der Waals surface area contributed by atoms with Gasteiger partial charge in [0.05, 0.1) is 6.04 Å². The minimum Gasteiger partial charge on any atom is -0.351 e. The van der Waals surface area contributed by atoms with Crippen LogP contribution in [-0.2, 0) is 11.2 Å². The molecule has 0 unspecified atom stereocenters. The second-order valence-corrected chi connectivity index (χ2v) is 8.80. The van der Waals surface area contributed by atoms with Crippen LogP contribution in [0.4, 0.5) is 9.18 Å². The lowest BCUT2D eigenvalue weighted by Gasteiger charge is -2.70. The van der Waals surface area contributed by atoms with Crippen molar-refractivity contribution >= 4 is 11.9 Å². The minimum absolute atomic E-state index is 0. The molecule has 1 heterocycles. The van der Waals surface area contributed by atoms with Gasteiger partial charge >= 0.3 is 6.03 Å². The third kappa shape index (κ3) is 2.98. The Kier molecular flexibility index (Phi) is 3.95. The molecule has 1 aliphatic heterocycles. The van der Waals surface area contributed by atoms with E-state index in [1.54, 1.807) is 12.1 Å². The zero-order chi connectivity index (χ0) is 20.2. The van der Waals surface area contributed by atoms with Crippen molar-refractivity contribution in [3.8, 4) is 0 Å². The Bertz CT molecular complexity index is 979. The largest absolute Gasteiger partial charge is 0.351 e. The Morgan fingerprint density at radius 3 is 2.38 bits per heavy atom. The molecule has 6 rings (SSSR count). The summed E-state index contributed by atoms with van der Waals surface area (Å²) < 4.78 is 13.5. The summed E-state index contributed by atoms with van der Waals surface area (Å²) in [6.45, 7) is 2.14. The number of nitrogens with zero attached hydrogens (tertiary/aromatic N) is 1. The monoisotopic (exact) mass is 397 g/mol. The molecule has 2 N–H and O–H groups in total. The van der Waals surface area contributed by atoms with E-state index in [0.29, 0.717) is 6.54 Å². The van der Waals surface area contributed by atoms with E-state index in [1.165, 1.54) is 24.6 Å². The fourth-order valence-corrected chi connectivity index (χ4v) is 5.52. The van der Waals surface area contributed by atoms with Crippen molar-refractivity contribution in [2.75, 3.05) is 6.54 Å². The van der Waals surface area contributed by atoms with Crippen molar-refractivity contribution in [2.45, 2.75) is 49.7 Å². The highest BCUT2D eigenvalue weighted by molar-refractivity contribution is 5.79. The Labute approximate surface area is 172 Å². The predicted molar refractivity (Wildman–Crippen MR) is 111 cm³/mol. The zero-order valence-electron chi connectivity index (χ0n) is 16.4. The highest BCUT2D eigenvalue weighted by atomic mass is 19.1. The summed E-state index contributed by atoms with van der Waals surface area (Å²) in [7, 11) is 0. The number of rotatable bonds is 3. The first-order valence-corrected chi connectivity index (χ1v) is 10.1. The fourth-order valence-electron chi connectivity index (χ4n) is 5.52. The molecule has 0 spiro atoms. The molecule has 0 aromatic heterocycles. The number of benzene rings is 2. The van der Waals surface area contributed by atoms with Crippen LogP contribution in [0, 0.1) is 5.82 Å². The third-order valence-electron chi connectivity index (χ3n) is 6.57. The molecule has 29 heavy (non-hydrogen) atoms. The molecular weight excluding hydrogens is 369 g/mol. The number of halogens is 1. The molecule has 0 saturated heterocycles. The van der Waals surface area contributed by atoms with E-state index in [9.17, 15) is 14.0 Å². The maximum atomic E-state index is 13.5. The van der Waals surface area contributed by atoms with Crippen molar-refractivity contribution < 1.29 is 16.8 Å². The number of fused-ring (bicyclic) bond motifs is 1. The summed E-state index contributed by atoms with van der Waals surface area (Å²) in [5.41, 5.74) is 2.89. The van der Waals surface area contributed by atoms with Gasteiger partial charge in [-0.05, 0) is 54.5 Å². The zero-order valence-corrected chi connectivity index (χ0v) is 16.4. The summed E-state index contributed by atoms with van der Waals surface area (Å²) in [5, 5.41) is 6.24. The Morgan fingerprint density at radius 1 is 1.03 bits per heavy atom. The molecular formula is C23H28FN3O2. The van der Waals surface area contributed by atoms with Crippen LogP contribution < -0.4 is 10.6 Å². The molecule has 5 nitrogen and oxygen atoms in total. The van der Waals surface area contributed by atoms with Crippen LogP contribution in [0.5, 0.6) is 0 Å². The van der Waals surface area contributed by atoms with Gasteiger partial charge in [0.2, 0.25) is 5.91 Å². The van der Waals surface area contributed by atoms with Gasteiger partial charge in [-0.25, -0.2) is 9.18 Å². The smallest absolute Gasteiger partial charge is 0.318 e. The van der Waals surface area contributed by atoms with Gasteiger partial charge in [-0.15, -0.1) is 0 Å². The molecule has 6 heteroatoms. The molecule has 2 aromatic carbocycles. The van der Waals surface area contributed by atoms with Crippen LogP contribution in [0.15, 0.2) is 48.5 Å². The summed E-state index contributed by atoms with van der Waals surface area (Å²) in [6, 6.07) is 14.2. The maximum Gasteiger partial charge on any atom is 0.318 e. The predicted octanol–water partition coefficient (Wildman–Crippen LogP) is 3.79. The first kappa shape index (κ1) is 18.2. The van der Waals surface area contributed by atoms with E-state index in [4.69, 9.17) is 0 Å². The van der Waals surface area contributed by atoms with E-state index in [1.807, 2.05) is 17.0 Å².